The molecule has 5 nitrogen and oxygen atoms in total. The zero-order chi connectivity index (χ0) is 18.5. The van der Waals surface area contributed by atoms with Gasteiger partial charge in [-0.15, -0.1) is 0 Å². The lowest BCUT2D eigenvalue weighted by molar-refractivity contribution is -0.116. The number of imidazole rings is 1. The van der Waals surface area contributed by atoms with Gasteiger partial charge < -0.3 is 10.1 Å². The second-order valence-corrected chi connectivity index (χ2v) is 6.48. The molecule has 0 aliphatic heterocycles. The number of pyridine rings is 1. The van der Waals surface area contributed by atoms with E-state index < -0.39 is 0 Å². The van der Waals surface area contributed by atoms with E-state index in [-0.39, 0.29) is 5.91 Å². The number of carbonyl (C=O) groups is 1. The van der Waals surface area contributed by atoms with Crippen molar-refractivity contribution in [3.8, 4) is 17.0 Å². The average Bonchev–Trinajstić information content (AvgIpc) is 3.00. The van der Waals surface area contributed by atoms with Gasteiger partial charge >= 0.3 is 0 Å². The fourth-order valence-corrected chi connectivity index (χ4v) is 2.95. The molecule has 0 aliphatic rings. The molecule has 0 unspecified atom stereocenters. The van der Waals surface area contributed by atoms with Gasteiger partial charge in [-0.25, -0.2) is 4.98 Å². The molecule has 26 heavy (non-hydrogen) atoms. The molecule has 136 valence electrons. The first-order chi connectivity index (χ1) is 12.6. The van der Waals surface area contributed by atoms with Crippen LogP contribution in [0, 0.1) is 6.92 Å². The zero-order valence-corrected chi connectivity index (χ0v) is 15.6. The molecule has 0 saturated carbocycles. The third kappa shape index (κ3) is 3.87. The SMILES string of the molecule is CCCCCC(=O)Nc1c(-c2ccc(OC)cc2)nc2ccc(C)cn12. The van der Waals surface area contributed by atoms with E-state index in [1.165, 1.54) is 0 Å². The van der Waals surface area contributed by atoms with Crippen molar-refractivity contribution in [3.05, 3.63) is 48.2 Å². The van der Waals surface area contributed by atoms with Gasteiger partial charge in [-0.2, -0.15) is 0 Å². The number of unbranched alkanes of at least 4 members (excludes halogenated alkanes) is 2. The summed E-state index contributed by atoms with van der Waals surface area (Å²) in [6.07, 6.45) is 5.58. The standard InChI is InChI=1S/C21H25N3O2/c1-4-5-6-7-19(25)23-21-20(16-9-11-17(26-3)12-10-16)22-18-13-8-15(2)14-24(18)21/h8-14H,4-7H2,1-3H3,(H,23,25). The lowest BCUT2D eigenvalue weighted by Gasteiger charge is -2.09. The summed E-state index contributed by atoms with van der Waals surface area (Å²) in [6.45, 7) is 4.16. The third-order valence-corrected chi connectivity index (χ3v) is 4.40. The maximum atomic E-state index is 12.4. The van der Waals surface area contributed by atoms with E-state index in [2.05, 4.69) is 12.2 Å². The fourth-order valence-electron chi connectivity index (χ4n) is 2.95. The number of methoxy groups -OCH3 is 1. The van der Waals surface area contributed by atoms with Crippen molar-refractivity contribution in [2.75, 3.05) is 12.4 Å². The molecule has 3 rings (SSSR count). The number of amides is 1. The number of aryl methyl sites for hydroxylation is 1. The van der Waals surface area contributed by atoms with E-state index in [9.17, 15) is 4.79 Å². The number of carbonyl (C=O) groups excluding carboxylic acids is 1. The minimum absolute atomic E-state index is 0.0246. The number of benzene rings is 1. The van der Waals surface area contributed by atoms with Crippen molar-refractivity contribution < 1.29 is 9.53 Å². The van der Waals surface area contributed by atoms with Crippen LogP contribution in [0.3, 0.4) is 0 Å². The van der Waals surface area contributed by atoms with E-state index >= 15 is 0 Å². The Morgan fingerprint density at radius 2 is 1.92 bits per heavy atom. The first-order valence-corrected chi connectivity index (χ1v) is 9.05. The highest BCUT2D eigenvalue weighted by atomic mass is 16.5. The number of nitrogens with zero attached hydrogens (tertiary/aromatic N) is 2. The molecule has 0 atom stereocenters. The Morgan fingerprint density at radius 3 is 2.62 bits per heavy atom. The Bertz CT molecular complexity index is 898. The smallest absolute Gasteiger partial charge is 0.225 e. The monoisotopic (exact) mass is 351 g/mol. The van der Waals surface area contributed by atoms with Crippen LogP contribution in [0.25, 0.3) is 16.9 Å². The van der Waals surface area contributed by atoms with Crippen molar-refractivity contribution >= 4 is 17.4 Å². The molecule has 1 aromatic carbocycles. The Labute approximate surface area is 154 Å². The second-order valence-electron chi connectivity index (χ2n) is 6.48. The highest BCUT2D eigenvalue weighted by molar-refractivity contribution is 5.94. The molecular weight excluding hydrogens is 326 g/mol. The molecule has 0 radical (unpaired) electrons. The van der Waals surface area contributed by atoms with Gasteiger partial charge in [0.1, 0.15) is 22.9 Å². The molecule has 0 spiro atoms. The van der Waals surface area contributed by atoms with E-state index in [1.807, 2.05) is 53.9 Å². The van der Waals surface area contributed by atoms with Gasteiger partial charge in [-0.3, -0.25) is 9.20 Å². The first kappa shape index (κ1) is 18.0. The van der Waals surface area contributed by atoms with Crippen LogP contribution in [-0.2, 0) is 4.79 Å². The van der Waals surface area contributed by atoms with Crippen LogP contribution in [0.2, 0.25) is 0 Å². The van der Waals surface area contributed by atoms with Crippen molar-refractivity contribution in [1.29, 1.82) is 0 Å². The topological polar surface area (TPSA) is 55.6 Å². The number of hydrogen-bond donors (Lipinski definition) is 1. The molecule has 2 aromatic heterocycles. The van der Waals surface area contributed by atoms with Gasteiger partial charge in [0.25, 0.3) is 0 Å². The summed E-state index contributed by atoms with van der Waals surface area (Å²) in [5, 5.41) is 3.08. The summed E-state index contributed by atoms with van der Waals surface area (Å²) >= 11 is 0. The van der Waals surface area contributed by atoms with Crippen LogP contribution in [0.15, 0.2) is 42.6 Å². The van der Waals surface area contributed by atoms with Crippen LogP contribution in [-0.4, -0.2) is 22.4 Å². The van der Waals surface area contributed by atoms with Crippen LogP contribution in [0.5, 0.6) is 5.75 Å². The van der Waals surface area contributed by atoms with Crippen molar-refractivity contribution in [2.45, 2.75) is 39.5 Å². The second kappa shape index (κ2) is 8.04. The van der Waals surface area contributed by atoms with Crippen molar-refractivity contribution in [3.63, 3.8) is 0 Å². The Hall–Kier alpha value is -2.82. The maximum absolute atomic E-state index is 12.4. The van der Waals surface area contributed by atoms with Crippen LogP contribution >= 0.6 is 0 Å². The minimum Gasteiger partial charge on any atom is -0.497 e. The predicted octanol–water partition coefficient (Wildman–Crippen LogP) is 4.84. The van der Waals surface area contributed by atoms with Gasteiger partial charge in [0.05, 0.1) is 7.11 Å². The van der Waals surface area contributed by atoms with E-state index in [4.69, 9.17) is 9.72 Å². The fraction of sp³-hybridized carbons (Fsp3) is 0.333. The van der Waals surface area contributed by atoms with E-state index in [0.29, 0.717) is 6.42 Å². The Kier molecular flexibility index (Phi) is 5.56. The molecule has 5 heteroatoms. The molecule has 0 aliphatic carbocycles. The number of fused-ring (bicyclic) bond motifs is 1. The Balaban J connectivity index is 1.99. The maximum Gasteiger partial charge on any atom is 0.225 e. The normalized spacial score (nSPS) is 10.9. The first-order valence-electron chi connectivity index (χ1n) is 9.05. The summed E-state index contributed by atoms with van der Waals surface area (Å²) in [7, 11) is 1.64. The molecule has 2 heterocycles. The number of rotatable bonds is 7. The number of nitrogens with one attached hydrogen (secondary N) is 1. The summed E-state index contributed by atoms with van der Waals surface area (Å²) in [5.41, 5.74) is 3.63. The summed E-state index contributed by atoms with van der Waals surface area (Å²) in [4.78, 5) is 17.2. The number of aromatic nitrogens is 2. The van der Waals surface area contributed by atoms with Crippen molar-refractivity contribution in [1.82, 2.24) is 9.38 Å². The number of anilines is 1. The van der Waals surface area contributed by atoms with E-state index in [1.54, 1.807) is 7.11 Å². The van der Waals surface area contributed by atoms with Gasteiger partial charge in [-0.05, 0) is 49.2 Å². The highest BCUT2D eigenvalue weighted by Crippen LogP contribution is 2.30. The lowest BCUT2D eigenvalue weighted by Crippen LogP contribution is -2.13. The van der Waals surface area contributed by atoms with Crippen molar-refractivity contribution in [2.24, 2.45) is 0 Å². The van der Waals surface area contributed by atoms with Crippen LogP contribution < -0.4 is 10.1 Å². The minimum atomic E-state index is 0.0246. The molecule has 0 fully saturated rings. The lowest BCUT2D eigenvalue weighted by atomic mass is 10.1. The van der Waals surface area contributed by atoms with E-state index in [0.717, 1.165) is 53.3 Å². The predicted molar refractivity (Wildman–Crippen MR) is 105 cm³/mol. The molecule has 0 bridgehead atoms. The third-order valence-electron chi connectivity index (χ3n) is 4.40. The van der Waals surface area contributed by atoms with Gasteiger partial charge in [-0.1, -0.05) is 25.8 Å². The average molecular weight is 351 g/mol. The highest BCUT2D eigenvalue weighted by Gasteiger charge is 2.16. The molecule has 0 saturated heterocycles. The summed E-state index contributed by atoms with van der Waals surface area (Å²) in [6, 6.07) is 11.7. The van der Waals surface area contributed by atoms with Crippen LogP contribution in [0.1, 0.15) is 38.2 Å². The number of hydrogen-bond acceptors (Lipinski definition) is 3. The molecule has 3 aromatic rings. The van der Waals surface area contributed by atoms with Crippen LogP contribution in [0.4, 0.5) is 5.82 Å². The summed E-state index contributed by atoms with van der Waals surface area (Å²) in [5.74, 6) is 1.53. The molecular formula is C21H25N3O2. The van der Waals surface area contributed by atoms with Gasteiger partial charge in [0.15, 0.2) is 0 Å². The zero-order valence-electron chi connectivity index (χ0n) is 15.6. The molecule has 1 amide bonds. The Morgan fingerprint density at radius 1 is 1.15 bits per heavy atom. The molecule has 1 N–H and O–H groups in total. The summed E-state index contributed by atoms with van der Waals surface area (Å²) < 4.78 is 7.19. The number of ether oxygens (including phenoxy) is 1. The van der Waals surface area contributed by atoms with Gasteiger partial charge in [0, 0.05) is 18.2 Å². The quantitative estimate of drug-likeness (QED) is 0.620. The largest absolute Gasteiger partial charge is 0.497 e. The van der Waals surface area contributed by atoms with Gasteiger partial charge in [0.2, 0.25) is 5.91 Å².